The summed E-state index contributed by atoms with van der Waals surface area (Å²) >= 11 is 1.30. The standard InChI is InChI=1S/C13H13F2NO3S/c1-2-10-16(9(6-20-10)13(18)19)12(17)11-7(14)4-3-5-8(11)15/h3-5,9-10H,2,6H2,1H3,(H,18,19). The molecule has 1 aliphatic heterocycles. The molecule has 1 aromatic carbocycles. The number of benzene rings is 1. The van der Waals surface area contributed by atoms with Crippen LogP contribution in [0.1, 0.15) is 23.7 Å². The second kappa shape index (κ2) is 5.78. The summed E-state index contributed by atoms with van der Waals surface area (Å²) in [6, 6.07) is 2.06. The van der Waals surface area contributed by atoms with Crippen molar-refractivity contribution in [3.8, 4) is 0 Å². The average Bonchev–Trinajstić information content (AvgIpc) is 2.82. The number of nitrogens with zero attached hydrogens (tertiary/aromatic N) is 1. The molecule has 1 saturated heterocycles. The molecule has 1 aromatic rings. The summed E-state index contributed by atoms with van der Waals surface area (Å²) in [6.07, 6.45) is 0.510. The Morgan fingerprint density at radius 3 is 2.50 bits per heavy atom. The summed E-state index contributed by atoms with van der Waals surface area (Å²) in [5.74, 6) is -3.82. The molecule has 2 unspecified atom stereocenters. The molecule has 20 heavy (non-hydrogen) atoms. The number of hydrogen-bond donors (Lipinski definition) is 1. The van der Waals surface area contributed by atoms with E-state index in [0.717, 1.165) is 23.1 Å². The van der Waals surface area contributed by atoms with E-state index in [4.69, 9.17) is 5.11 Å². The van der Waals surface area contributed by atoms with Crippen molar-refractivity contribution < 1.29 is 23.5 Å². The van der Waals surface area contributed by atoms with E-state index in [1.54, 1.807) is 6.92 Å². The fraction of sp³-hybridized carbons (Fsp3) is 0.385. The van der Waals surface area contributed by atoms with Crippen LogP contribution in [0.25, 0.3) is 0 Å². The summed E-state index contributed by atoms with van der Waals surface area (Å²) in [5.41, 5.74) is -0.695. The maximum absolute atomic E-state index is 13.7. The van der Waals surface area contributed by atoms with E-state index in [1.165, 1.54) is 11.8 Å². The highest BCUT2D eigenvalue weighted by atomic mass is 32.2. The van der Waals surface area contributed by atoms with Crippen LogP contribution < -0.4 is 0 Å². The van der Waals surface area contributed by atoms with Gasteiger partial charge in [-0.15, -0.1) is 11.8 Å². The van der Waals surface area contributed by atoms with Gasteiger partial charge in [0.2, 0.25) is 0 Å². The molecule has 0 bridgehead atoms. The first kappa shape index (κ1) is 14.8. The largest absolute Gasteiger partial charge is 0.480 e. The van der Waals surface area contributed by atoms with Crippen molar-refractivity contribution in [3.05, 3.63) is 35.4 Å². The molecule has 0 spiro atoms. The Morgan fingerprint density at radius 1 is 1.40 bits per heavy atom. The van der Waals surface area contributed by atoms with Gasteiger partial charge in [-0.3, -0.25) is 4.79 Å². The Hall–Kier alpha value is -1.63. The zero-order chi connectivity index (χ0) is 14.9. The fourth-order valence-electron chi connectivity index (χ4n) is 2.17. The average molecular weight is 301 g/mol. The number of rotatable bonds is 3. The molecule has 2 atom stereocenters. The molecule has 2 rings (SSSR count). The van der Waals surface area contributed by atoms with E-state index in [-0.39, 0.29) is 11.1 Å². The molecule has 1 heterocycles. The lowest BCUT2D eigenvalue weighted by Crippen LogP contribution is -2.46. The quantitative estimate of drug-likeness (QED) is 0.931. The number of thioether (sulfide) groups is 1. The normalized spacial score (nSPS) is 22.1. The van der Waals surface area contributed by atoms with Gasteiger partial charge < -0.3 is 10.0 Å². The number of carbonyl (C=O) groups excluding carboxylic acids is 1. The Labute approximate surface area is 118 Å². The van der Waals surface area contributed by atoms with Gasteiger partial charge in [-0.1, -0.05) is 13.0 Å². The number of amides is 1. The maximum Gasteiger partial charge on any atom is 0.327 e. The summed E-state index contributed by atoms with van der Waals surface area (Å²) < 4.78 is 27.3. The van der Waals surface area contributed by atoms with E-state index in [9.17, 15) is 18.4 Å². The lowest BCUT2D eigenvalue weighted by atomic mass is 10.1. The fourth-order valence-corrected chi connectivity index (χ4v) is 3.52. The van der Waals surface area contributed by atoms with Crippen molar-refractivity contribution >= 4 is 23.6 Å². The first-order valence-electron chi connectivity index (χ1n) is 6.08. The van der Waals surface area contributed by atoms with Gasteiger partial charge in [0.25, 0.3) is 5.91 Å². The first-order chi connectivity index (χ1) is 9.47. The molecule has 0 aromatic heterocycles. The molecule has 1 fully saturated rings. The number of halogens is 2. The lowest BCUT2D eigenvalue weighted by Gasteiger charge is -2.26. The Bertz CT molecular complexity index is 532. The smallest absolute Gasteiger partial charge is 0.327 e. The second-order valence-corrected chi connectivity index (χ2v) is 5.57. The van der Waals surface area contributed by atoms with Crippen LogP contribution in [0, 0.1) is 11.6 Å². The number of carbonyl (C=O) groups is 2. The van der Waals surface area contributed by atoms with Crippen LogP contribution in [0.5, 0.6) is 0 Å². The van der Waals surface area contributed by atoms with Crippen LogP contribution >= 0.6 is 11.8 Å². The number of carboxylic acid groups (broad SMARTS) is 1. The highest BCUT2D eigenvalue weighted by molar-refractivity contribution is 8.00. The van der Waals surface area contributed by atoms with Crippen LogP contribution in [-0.2, 0) is 4.79 Å². The first-order valence-corrected chi connectivity index (χ1v) is 7.13. The highest BCUT2D eigenvalue weighted by Crippen LogP contribution is 2.33. The van der Waals surface area contributed by atoms with Crippen molar-refractivity contribution in [1.29, 1.82) is 0 Å². The van der Waals surface area contributed by atoms with Crippen molar-refractivity contribution in [2.45, 2.75) is 24.8 Å². The molecule has 1 aliphatic rings. The molecule has 1 N–H and O–H groups in total. The molecule has 4 nitrogen and oxygen atoms in total. The summed E-state index contributed by atoms with van der Waals surface area (Å²) in [5, 5.41) is 8.75. The molecule has 108 valence electrons. The number of aliphatic carboxylic acids is 1. The van der Waals surface area contributed by atoms with E-state index in [1.807, 2.05) is 0 Å². The van der Waals surface area contributed by atoms with Crippen LogP contribution in [0.15, 0.2) is 18.2 Å². The third kappa shape index (κ3) is 2.49. The summed E-state index contributed by atoms with van der Waals surface area (Å²) in [7, 11) is 0. The molecule has 7 heteroatoms. The molecular formula is C13H13F2NO3S. The van der Waals surface area contributed by atoms with Gasteiger partial charge in [0.1, 0.15) is 23.2 Å². The zero-order valence-corrected chi connectivity index (χ0v) is 11.5. The topological polar surface area (TPSA) is 57.6 Å². The van der Waals surface area contributed by atoms with Crippen LogP contribution in [0.2, 0.25) is 0 Å². The van der Waals surface area contributed by atoms with Crippen molar-refractivity contribution in [1.82, 2.24) is 4.90 Å². The van der Waals surface area contributed by atoms with E-state index < -0.39 is 35.1 Å². The van der Waals surface area contributed by atoms with Crippen LogP contribution in [0.3, 0.4) is 0 Å². The molecular weight excluding hydrogens is 288 g/mol. The van der Waals surface area contributed by atoms with Crippen molar-refractivity contribution in [2.75, 3.05) is 5.75 Å². The van der Waals surface area contributed by atoms with Crippen LogP contribution in [-0.4, -0.2) is 39.1 Å². The monoisotopic (exact) mass is 301 g/mol. The number of carboxylic acids is 1. The predicted octanol–water partition coefficient (Wildman–Crippen LogP) is 2.34. The van der Waals surface area contributed by atoms with Gasteiger partial charge in [0.15, 0.2) is 0 Å². The summed E-state index contributed by atoms with van der Waals surface area (Å²) in [6.45, 7) is 1.79. The summed E-state index contributed by atoms with van der Waals surface area (Å²) in [4.78, 5) is 24.6. The zero-order valence-electron chi connectivity index (χ0n) is 10.7. The van der Waals surface area contributed by atoms with Crippen molar-refractivity contribution in [3.63, 3.8) is 0 Å². The SMILES string of the molecule is CCC1SCC(C(=O)O)N1C(=O)c1c(F)cccc1F. The Balaban J connectivity index is 2.41. The van der Waals surface area contributed by atoms with Gasteiger partial charge in [-0.25, -0.2) is 13.6 Å². The van der Waals surface area contributed by atoms with Crippen LogP contribution in [0.4, 0.5) is 8.78 Å². The second-order valence-electron chi connectivity index (χ2n) is 4.36. The van der Waals surface area contributed by atoms with Gasteiger partial charge in [-0.05, 0) is 18.6 Å². The van der Waals surface area contributed by atoms with Gasteiger partial charge in [-0.2, -0.15) is 0 Å². The predicted molar refractivity (Wildman–Crippen MR) is 70.5 cm³/mol. The van der Waals surface area contributed by atoms with Crippen molar-refractivity contribution in [2.24, 2.45) is 0 Å². The Morgan fingerprint density at radius 2 is 2.00 bits per heavy atom. The third-order valence-corrected chi connectivity index (χ3v) is 4.59. The minimum absolute atomic E-state index is 0.218. The number of hydrogen-bond acceptors (Lipinski definition) is 3. The lowest BCUT2D eigenvalue weighted by molar-refractivity contribution is -0.141. The van der Waals surface area contributed by atoms with E-state index in [2.05, 4.69) is 0 Å². The van der Waals surface area contributed by atoms with E-state index >= 15 is 0 Å². The third-order valence-electron chi connectivity index (χ3n) is 3.14. The molecule has 0 aliphatic carbocycles. The maximum atomic E-state index is 13.7. The van der Waals surface area contributed by atoms with Gasteiger partial charge in [0, 0.05) is 5.75 Å². The van der Waals surface area contributed by atoms with E-state index in [0.29, 0.717) is 6.42 Å². The minimum Gasteiger partial charge on any atom is -0.480 e. The molecule has 0 radical (unpaired) electrons. The Kier molecular flexibility index (Phi) is 4.27. The molecule has 0 saturated carbocycles. The van der Waals surface area contributed by atoms with Gasteiger partial charge in [0.05, 0.1) is 5.37 Å². The minimum atomic E-state index is -1.17. The highest BCUT2D eigenvalue weighted by Gasteiger charge is 2.42. The molecule has 1 amide bonds. The van der Waals surface area contributed by atoms with Gasteiger partial charge >= 0.3 is 5.97 Å².